The number of primary amides is 1. The Morgan fingerprint density at radius 2 is 1.78 bits per heavy atom. The second kappa shape index (κ2) is 6.62. The predicted molar refractivity (Wildman–Crippen MR) is 89.1 cm³/mol. The molecule has 0 atom stereocenters. The SMILES string of the molecule is NC(=O)c1ccc(CCn2nc(-c3ccccc3)nc2Cl)cc1. The minimum Gasteiger partial charge on any atom is -0.366 e. The van der Waals surface area contributed by atoms with Gasteiger partial charge in [-0.25, -0.2) is 4.68 Å². The summed E-state index contributed by atoms with van der Waals surface area (Å²) in [5, 5.41) is 4.80. The molecule has 6 heteroatoms. The van der Waals surface area contributed by atoms with Gasteiger partial charge < -0.3 is 5.73 Å². The molecule has 2 aromatic carbocycles. The summed E-state index contributed by atoms with van der Waals surface area (Å²) in [7, 11) is 0. The maximum Gasteiger partial charge on any atom is 0.248 e. The van der Waals surface area contributed by atoms with Crippen LogP contribution in [-0.2, 0) is 13.0 Å². The Bertz CT molecular complexity index is 812. The summed E-state index contributed by atoms with van der Waals surface area (Å²) < 4.78 is 1.67. The van der Waals surface area contributed by atoms with Gasteiger partial charge in [0.2, 0.25) is 11.2 Å². The molecule has 3 rings (SSSR count). The van der Waals surface area contributed by atoms with E-state index in [1.165, 1.54) is 0 Å². The van der Waals surface area contributed by atoms with Gasteiger partial charge in [0, 0.05) is 17.7 Å². The van der Waals surface area contributed by atoms with Crippen LogP contribution in [0.2, 0.25) is 5.28 Å². The third-order valence-corrected chi connectivity index (χ3v) is 3.79. The molecule has 0 spiro atoms. The fraction of sp³-hybridized carbons (Fsp3) is 0.118. The lowest BCUT2D eigenvalue weighted by atomic mass is 10.1. The molecule has 0 saturated heterocycles. The van der Waals surface area contributed by atoms with Crippen molar-refractivity contribution >= 4 is 17.5 Å². The summed E-state index contributed by atoms with van der Waals surface area (Å²) in [6.45, 7) is 0.606. The van der Waals surface area contributed by atoms with Crippen LogP contribution in [0.4, 0.5) is 0 Å². The number of hydrogen-bond acceptors (Lipinski definition) is 3. The monoisotopic (exact) mass is 326 g/mol. The normalized spacial score (nSPS) is 10.7. The summed E-state index contributed by atoms with van der Waals surface area (Å²) in [6.07, 6.45) is 0.732. The molecule has 0 radical (unpaired) electrons. The first-order valence-electron chi connectivity index (χ1n) is 7.18. The van der Waals surface area contributed by atoms with Crippen molar-refractivity contribution < 1.29 is 4.79 Å². The number of benzene rings is 2. The van der Waals surface area contributed by atoms with Crippen molar-refractivity contribution in [3.05, 3.63) is 71.0 Å². The zero-order chi connectivity index (χ0) is 16.2. The Morgan fingerprint density at radius 1 is 1.09 bits per heavy atom. The molecule has 1 heterocycles. The van der Waals surface area contributed by atoms with Crippen molar-refractivity contribution in [2.24, 2.45) is 5.73 Å². The lowest BCUT2D eigenvalue weighted by Crippen LogP contribution is -2.10. The zero-order valence-corrected chi connectivity index (χ0v) is 13.1. The number of hydrogen-bond donors (Lipinski definition) is 1. The fourth-order valence-electron chi connectivity index (χ4n) is 2.25. The summed E-state index contributed by atoms with van der Waals surface area (Å²) >= 11 is 6.16. The average molecular weight is 327 g/mol. The van der Waals surface area contributed by atoms with Gasteiger partial charge in [-0.3, -0.25) is 4.79 Å². The number of carbonyl (C=O) groups is 1. The number of carbonyl (C=O) groups excluding carboxylic acids is 1. The fourth-order valence-corrected chi connectivity index (χ4v) is 2.45. The van der Waals surface area contributed by atoms with E-state index in [0.29, 0.717) is 23.2 Å². The molecule has 0 saturated carbocycles. The minimum atomic E-state index is -0.427. The smallest absolute Gasteiger partial charge is 0.248 e. The first-order valence-corrected chi connectivity index (χ1v) is 7.56. The molecule has 0 aliphatic heterocycles. The number of aromatic nitrogens is 3. The lowest BCUT2D eigenvalue weighted by molar-refractivity contribution is 0.100. The Hall–Kier alpha value is -2.66. The van der Waals surface area contributed by atoms with Crippen LogP contribution in [0.3, 0.4) is 0 Å². The summed E-state index contributed by atoms with van der Waals surface area (Å²) in [4.78, 5) is 15.3. The third kappa shape index (κ3) is 3.57. The van der Waals surface area contributed by atoms with Crippen LogP contribution in [0.15, 0.2) is 54.6 Å². The van der Waals surface area contributed by atoms with Crippen molar-refractivity contribution in [1.29, 1.82) is 0 Å². The zero-order valence-electron chi connectivity index (χ0n) is 12.3. The largest absolute Gasteiger partial charge is 0.366 e. The van der Waals surface area contributed by atoms with Crippen LogP contribution in [0.5, 0.6) is 0 Å². The van der Waals surface area contributed by atoms with Crippen LogP contribution < -0.4 is 5.73 Å². The molecular weight excluding hydrogens is 312 g/mol. The number of amides is 1. The van der Waals surface area contributed by atoms with E-state index in [1.807, 2.05) is 42.5 Å². The highest BCUT2D eigenvalue weighted by molar-refractivity contribution is 6.28. The second-order valence-corrected chi connectivity index (χ2v) is 5.44. The van der Waals surface area contributed by atoms with Gasteiger partial charge in [-0.05, 0) is 35.7 Å². The standard InChI is InChI=1S/C17H15ClN4O/c18-17-20-16(14-4-2-1-3-5-14)21-22(17)11-10-12-6-8-13(9-7-12)15(19)23/h1-9H,10-11H2,(H2,19,23). The van der Waals surface area contributed by atoms with E-state index < -0.39 is 5.91 Å². The van der Waals surface area contributed by atoms with Crippen molar-refractivity contribution in [2.45, 2.75) is 13.0 Å². The van der Waals surface area contributed by atoms with Gasteiger partial charge in [-0.2, -0.15) is 4.98 Å². The van der Waals surface area contributed by atoms with Crippen molar-refractivity contribution in [2.75, 3.05) is 0 Å². The molecule has 0 bridgehead atoms. The first kappa shape index (κ1) is 15.2. The second-order valence-electron chi connectivity index (χ2n) is 5.10. The minimum absolute atomic E-state index is 0.359. The molecule has 2 N–H and O–H groups in total. The number of rotatable bonds is 5. The molecule has 3 aromatic rings. The van der Waals surface area contributed by atoms with Crippen LogP contribution in [-0.4, -0.2) is 20.7 Å². The van der Waals surface area contributed by atoms with E-state index in [0.717, 1.165) is 17.5 Å². The van der Waals surface area contributed by atoms with Gasteiger partial charge in [-0.15, -0.1) is 5.10 Å². The van der Waals surface area contributed by atoms with Gasteiger partial charge in [0.25, 0.3) is 0 Å². The Kier molecular flexibility index (Phi) is 4.39. The molecule has 0 aliphatic rings. The molecular formula is C17H15ClN4O. The van der Waals surface area contributed by atoms with Gasteiger partial charge >= 0.3 is 0 Å². The summed E-state index contributed by atoms with van der Waals surface area (Å²) in [5.41, 5.74) is 7.73. The topological polar surface area (TPSA) is 73.8 Å². The maximum atomic E-state index is 11.1. The number of nitrogens with two attached hydrogens (primary N) is 1. The predicted octanol–water partition coefficient (Wildman–Crippen LogP) is 2.94. The first-order chi connectivity index (χ1) is 11.1. The van der Waals surface area contributed by atoms with E-state index in [1.54, 1.807) is 16.8 Å². The Balaban J connectivity index is 1.71. The molecule has 5 nitrogen and oxygen atoms in total. The maximum absolute atomic E-state index is 11.1. The van der Waals surface area contributed by atoms with Crippen LogP contribution in [0.25, 0.3) is 11.4 Å². The van der Waals surface area contributed by atoms with Crippen molar-refractivity contribution in [3.8, 4) is 11.4 Å². The summed E-state index contributed by atoms with van der Waals surface area (Å²) in [5.74, 6) is 0.183. The highest BCUT2D eigenvalue weighted by atomic mass is 35.5. The molecule has 0 aliphatic carbocycles. The third-order valence-electron chi connectivity index (χ3n) is 3.51. The van der Waals surface area contributed by atoms with Crippen LogP contribution in [0.1, 0.15) is 15.9 Å². The quantitative estimate of drug-likeness (QED) is 0.783. The molecule has 0 fully saturated rings. The van der Waals surface area contributed by atoms with E-state index >= 15 is 0 Å². The van der Waals surface area contributed by atoms with Crippen LogP contribution >= 0.6 is 11.6 Å². The average Bonchev–Trinajstić information content (AvgIpc) is 2.95. The number of nitrogens with zero attached hydrogens (tertiary/aromatic N) is 3. The van der Waals surface area contributed by atoms with E-state index in [-0.39, 0.29) is 0 Å². The highest BCUT2D eigenvalue weighted by Gasteiger charge is 2.09. The summed E-state index contributed by atoms with van der Waals surface area (Å²) in [6, 6.07) is 16.9. The molecule has 1 amide bonds. The van der Waals surface area contributed by atoms with E-state index in [2.05, 4.69) is 10.1 Å². The molecule has 23 heavy (non-hydrogen) atoms. The Labute approximate surface area is 138 Å². The van der Waals surface area contributed by atoms with Crippen molar-refractivity contribution in [3.63, 3.8) is 0 Å². The van der Waals surface area contributed by atoms with Gasteiger partial charge in [0.1, 0.15) is 0 Å². The molecule has 0 unspecified atom stereocenters. The highest BCUT2D eigenvalue weighted by Crippen LogP contribution is 2.18. The van der Waals surface area contributed by atoms with Gasteiger partial charge in [-0.1, -0.05) is 42.5 Å². The van der Waals surface area contributed by atoms with Gasteiger partial charge in [0.15, 0.2) is 5.82 Å². The van der Waals surface area contributed by atoms with Crippen LogP contribution in [0, 0.1) is 0 Å². The number of aryl methyl sites for hydroxylation is 2. The van der Waals surface area contributed by atoms with Gasteiger partial charge in [0.05, 0.1) is 0 Å². The lowest BCUT2D eigenvalue weighted by Gasteiger charge is -2.03. The molecule has 116 valence electrons. The van der Waals surface area contributed by atoms with Crippen molar-refractivity contribution in [1.82, 2.24) is 14.8 Å². The van der Waals surface area contributed by atoms with E-state index in [9.17, 15) is 4.79 Å². The Morgan fingerprint density at radius 3 is 2.43 bits per heavy atom. The molecule has 1 aromatic heterocycles. The number of halogens is 1. The van der Waals surface area contributed by atoms with E-state index in [4.69, 9.17) is 17.3 Å².